The third kappa shape index (κ3) is 6.57. The van der Waals surface area contributed by atoms with Crippen LogP contribution in [0.15, 0.2) is 48.8 Å². The molecular weight excluding hydrogens is 473 g/mol. The first-order chi connectivity index (χ1) is 16.3. The van der Waals surface area contributed by atoms with E-state index in [9.17, 15) is 18.0 Å². The van der Waals surface area contributed by atoms with Gasteiger partial charge in [0.05, 0.1) is 29.1 Å². The van der Waals surface area contributed by atoms with E-state index in [-0.39, 0.29) is 18.0 Å². The summed E-state index contributed by atoms with van der Waals surface area (Å²) in [7, 11) is 0. The van der Waals surface area contributed by atoms with E-state index in [4.69, 9.17) is 21.1 Å². The van der Waals surface area contributed by atoms with Gasteiger partial charge < -0.3 is 14.8 Å². The first-order valence-electron chi connectivity index (χ1n) is 10.5. The number of aromatic nitrogens is 3. The van der Waals surface area contributed by atoms with Crippen molar-refractivity contribution in [2.24, 2.45) is 5.92 Å². The molecule has 2 heterocycles. The van der Waals surface area contributed by atoms with Crippen molar-refractivity contribution in [1.29, 1.82) is 0 Å². The maximum Gasteiger partial charge on any atom is 0.422 e. The second-order valence-corrected chi connectivity index (χ2v) is 8.19. The van der Waals surface area contributed by atoms with Crippen LogP contribution in [0.25, 0.3) is 11.3 Å². The van der Waals surface area contributed by atoms with Crippen LogP contribution in [0.2, 0.25) is 5.02 Å². The number of rotatable bonds is 9. The molecule has 0 radical (unpaired) electrons. The SMILES string of the molecule is O=C(NCc1cccnc1OCC(F)(F)F)c1cnnc(-c2ccc(OCC3CC3)c(Cl)c2)c1. The van der Waals surface area contributed by atoms with Gasteiger partial charge in [0.15, 0.2) is 6.61 Å². The number of carbonyl (C=O) groups excluding carboxylic acids is 1. The average molecular weight is 493 g/mol. The summed E-state index contributed by atoms with van der Waals surface area (Å²) in [6, 6.07) is 9.82. The Hall–Kier alpha value is -3.40. The molecule has 1 aromatic carbocycles. The summed E-state index contributed by atoms with van der Waals surface area (Å²) in [6.07, 6.45) is 0.439. The second kappa shape index (κ2) is 10.3. The van der Waals surface area contributed by atoms with E-state index in [0.717, 1.165) is 0 Å². The fourth-order valence-electron chi connectivity index (χ4n) is 3.02. The van der Waals surface area contributed by atoms with Crippen molar-refractivity contribution < 1.29 is 27.4 Å². The molecule has 0 aliphatic heterocycles. The minimum absolute atomic E-state index is 0.0869. The number of ether oxygens (including phenoxy) is 2. The van der Waals surface area contributed by atoms with Gasteiger partial charge in [0.2, 0.25) is 5.88 Å². The smallest absolute Gasteiger partial charge is 0.422 e. The number of alkyl halides is 3. The van der Waals surface area contributed by atoms with Gasteiger partial charge in [0.25, 0.3) is 5.91 Å². The van der Waals surface area contributed by atoms with E-state index in [1.54, 1.807) is 24.3 Å². The van der Waals surface area contributed by atoms with Crippen molar-refractivity contribution in [3.05, 3.63) is 64.9 Å². The van der Waals surface area contributed by atoms with Gasteiger partial charge in [-0.3, -0.25) is 4.79 Å². The van der Waals surface area contributed by atoms with E-state index in [1.807, 2.05) is 0 Å². The Morgan fingerprint density at radius 3 is 2.74 bits per heavy atom. The zero-order valence-corrected chi connectivity index (χ0v) is 18.6. The van der Waals surface area contributed by atoms with Crippen LogP contribution in [0.3, 0.4) is 0 Å². The Morgan fingerprint density at radius 2 is 2.00 bits per heavy atom. The second-order valence-electron chi connectivity index (χ2n) is 7.78. The molecule has 1 aliphatic carbocycles. The first-order valence-corrected chi connectivity index (χ1v) is 10.8. The number of hydrogen-bond donors (Lipinski definition) is 1. The van der Waals surface area contributed by atoms with Crippen molar-refractivity contribution in [3.8, 4) is 22.9 Å². The van der Waals surface area contributed by atoms with Gasteiger partial charge in [-0.05, 0) is 49.1 Å². The van der Waals surface area contributed by atoms with Crippen molar-refractivity contribution in [2.45, 2.75) is 25.6 Å². The lowest BCUT2D eigenvalue weighted by Crippen LogP contribution is -2.24. The van der Waals surface area contributed by atoms with Gasteiger partial charge in [0, 0.05) is 23.9 Å². The van der Waals surface area contributed by atoms with Crippen LogP contribution in [0.4, 0.5) is 13.2 Å². The molecule has 7 nitrogen and oxygen atoms in total. The summed E-state index contributed by atoms with van der Waals surface area (Å²) < 4.78 is 47.8. The van der Waals surface area contributed by atoms with Crippen LogP contribution in [0, 0.1) is 5.92 Å². The van der Waals surface area contributed by atoms with Crippen LogP contribution < -0.4 is 14.8 Å². The molecule has 0 atom stereocenters. The van der Waals surface area contributed by atoms with Gasteiger partial charge >= 0.3 is 6.18 Å². The third-order valence-corrected chi connectivity index (χ3v) is 5.27. The normalized spacial score (nSPS) is 13.4. The average Bonchev–Trinajstić information content (AvgIpc) is 3.65. The summed E-state index contributed by atoms with van der Waals surface area (Å²) in [6.45, 7) is -0.930. The maximum atomic E-state index is 12.6. The summed E-state index contributed by atoms with van der Waals surface area (Å²) in [5, 5.41) is 11.0. The molecular formula is C23H20ClF3N4O3. The zero-order chi connectivity index (χ0) is 24.1. The summed E-state index contributed by atoms with van der Waals surface area (Å²) >= 11 is 6.33. The Morgan fingerprint density at radius 1 is 1.18 bits per heavy atom. The van der Waals surface area contributed by atoms with Crippen LogP contribution in [0.5, 0.6) is 11.6 Å². The summed E-state index contributed by atoms with van der Waals surface area (Å²) in [5.74, 6) is 0.486. The molecule has 0 saturated heterocycles. The highest BCUT2D eigenvalue weighted by Crippen LogP contribution is 2.33. The summed E-state index contributed by atoms with van der Waals surface area (Å²) in [4.78, 5) is 16.4. The monoisotopic (exact) mass is 492 g/mol. The van der Waals surface area contributed by atoms with E-state index >= 15 is 0 Å². The number of amides is 1. The van der Waals surface area contributed by atoms with Gasteiger partial charge in [-0.15, -0.1) is 0 Å². The first kappa shape index (κ1) is 23.7. The van der Waals surface area contributed by atoms with Crippen molar-refractivity contribution >= 4 is 17.5 Å². The van der Waals surface area contributed by atoms with Gasteiger partial charge in [-0.2, -0.15) is 23.4 Å². The number of hydrogen-bond acceptors (Lipinski definition) is 6. The van der Waals surface area contributed by atoms with Crippen LogP contribution in [-0.4, -0.2) is 40.5 Å². The number of pyridine rings is 1. The molecule has 0 spiro atoms. The molecule has 2 aromatic heterocycles. The van der Waals surface area contributed by atoms with E-state index in [1.165, 1.54) is 37.4 Å². The van der Waals surface area contributed by atoms with Gasteiger partial charge in [-0.1, -0.05) is 17.7 Å². The predicted octanol–water partition coefficient (Wildman–Crippen LogP) is 4.85. The lowest BCUT2D eigenvalue weighted by molar-refractivity contribution is -0.154. The molecule has 1 N–H and O–H groups in total. The number of nitrogens with zero attached hydrogens (tertiary/aromatic N) is 3. The Balaban J connectivity index is 1.41. The minimum Gasteiger partial charge on any atom is -0.492 e. The molecule has 1 saturated carbocycles. The predicted molar refractivity (Wildman–Crippen MR) is 118 cm³/mol. The van der Waals surface area contributed by atoms with Gasteiger partial charge in [-0.25, -0.2) is 4.98 Å². The Kier molecular flexibility index (Phi) is 7.16. The number of carbonyl (C=O) groups is 1. The molecule has 0 bridgehead atoms. The van der Waals surface area contributed by atoms with E-state index in [0.29, 0.717) is 40.1 Å². The molecule has 178 valence electrons. The fraction of sp³-hybridized carbons (Fsp3) is 0.304. The molecule has 1 fully saturated rings. The standard InChI is InChI=1S/C23H20ClF3N4O3/c24-18-8-15(5-6-20(18)33-12-14-3-4-14)19-9-17(11-30-31-19)21(32)29-10-16-2-1-7-28-22(16)34-13-23(25,26)27/h1-2,5-9,11,14H,3-4,10,12-13H2,(H,29,32). The van der Waals surface area contributed by atoms with Crippen molar-refractivity contribution in [1.82, 2.24) is 20.5 Å². The number of nitrogens with one attached hydrogen (secondary N) is 1. The van der Waals surface area contributed by atoms with Crippen LogP contribution >= 0.6 is 11.6 Å². The lowest BCUT2D eigenvalue weighted by Gasteiger charge is -2.12. The summed E-state index contributed by atoms with van der Waals surface area (Å²) in [5.41, 5.74) is 1.60. The molecule has 11 heteroatoms. The molecule has 1 aliphatic rings. The Bertz CT molecular complexity index is 1170. The quantitative estimate of drug-likeness (QED) is 0.459. The van der Waals surface area contributed by atoms with E-state index in [2.05, 4.69) is 20.5 Å². The number of halogens is 4. The molecule has 1 amide bonds. The van der Waals surface area contributed by atoms with Crippen molar-refractivity contribution in [3.63, 3.8) is 0 Å². The Labute approximate surface area is 198 Å². The molecule has 0 unspecified atom stereocenters. The fourth-order valence-corrected chi connectivity index (χ4v) is 3.25. The van der Waals surface area contributed by atoms with Crippen LogP contribution in [0.1, 0.15) is 28.8 Å². The van der Waals surface area contributed by atoms with Crippen molar-refractivity contribution in [2.75, 3.05) is 13.2 Å². The van der Waals surface area contributed by atoms with Gasteiger partial charge in [0.1, 0.15) is 5.75 Å². The lowest BCUT2D eigenvalue weighted by atomic mass is 10.1. The molecule has 4 rings (SSSR count). The zero-order valence-electron chi connectivity index (χ0n) is 17.8. The highest BCUT2D eigenvalue weighted by molar-refractivity contribution is 6.32. The molecule has 34 heavy (non-hydrogen) atoms. The molecule has 3 aromatic rings. The topological polar surface area (TPSA) is 86.2 Å². The van der Waals surface area contributed by atoms with Crippen LogP contribution in [-0.2, 0) is 6.54 Å². The third-order valence-electron chi connectivity index (χ3n) is 4.98. The number of benzene rings is 1. The largest absolute Gasteiger partial charge is 0.492 e. The van der Waals surface area contributed by atoms with E-state index < -0.39 is 18.7 Å². The highest BCUT2D eigenvalue weighted by Gasteiger charge is 2.29. The highest BCUT2D eigenvalue weighted by atomic mass is 35.5. The maximum absolute atomic E-state index is 12.6. The minimum atomic E-state index is -4.50.